The van der Waals surface area contributed by atoms with E-state index in [0.29, 0.717) is 31.8 Å². The standard InChI is InChI=1S/C20H29N3O4/c1-15(24)21-18(14-17-6-3-2-4-7-17)20(26)23-12-10-16(11-13-23)8-5-9-19(25)22-27/h2-4,6-7,16,18,27H,5,8-14H2,1H3,(H,21,24)(H,22,25)/t18-/m1/s1. The average molecular weight is 375 g/mol. The second kappa shape index (κ2) is 10.7. The molecule has 148 valence electrons. The number of nitrogens with zero attached hydrogens (tertiary/aromatic N) is 1. The van der Waals surface area contributed by atoms with Crippen molar-refractivity contribution in [1.29, 1.82) is 0 Å². The van der Waals surface area contributed by atoms with Gasteiger partial charge in [-0.2, -0.15) is 0 Å². The topological polar surface area (TPSA) is 98.7 Å². The fourth-order valence-corrected chi connectivity index (χ4v) is 3.56. The van der Waals surface area contributed by atoms with Crippen LogP contribution in [0.5, 0.6) is 0 Å². The summed E-state index contributed by atoms with van der Waals surface area (Å²) in [6.07, 6.45) is 4.23. The first-order valence-electron chi connectivity index (χ1n) is 9.52. The summed E-state index contributed by atoms with van der Waals surface area (Å²) in [5.74, 6) is -0.121. The van der Waals surface area contributed by atoms with Gasteiger partial charge in [0.25, 0.3) is 0 Å². The molecule has 1 saturated heterocycles. The Morgan fingerprint density at radius 3 is 2.44 bits per heavy atom. The maximum atomic E-state index is 12.9. The van der Waals surface area contributed by atoms with Gasteiger partial charge >= 0.3 is 0 Å². The molecule has 1 aromatic rings. The lowest BCUT2D eigenvalue weighted by molar-refractivity contribution is -0.137. The number of nitrogens with one attached hydrogen (secondary N) is 2. The lowest BCUT2D eigenvalue weighted by Gasteiger charge is -2.34. The zero-order chi connectivity index (χ0) is 19.6. The summed E-state index contributed by atoms with van der Waals surface area (Å²) in [7, 11) is 0. The van der Waals surface area contributed by atoms with E-state index >= 15 is 0 Å². The molecule has 7 heteroatoms. The van der Waals surface area contributed by atoms with Crippen LogP contribution in [0.15, 0.2) is 30.3 Å². The molecule has 1 aromatic carbocycles. The van der Waals surface area contributed by atoms with Crippen LogP contribution in [0.3, 0.4) is 0 Å². The molecule has 0 bridgehead atoms. The summed E-state index contributed by atoms with van der Waals surface area (Å²) in [5.41, 5.74) is 2.66. The van der Waals surface area contributed by atoms with Crippen molar-refractivity contribution in [3.05, 3.63) is 35.9 Å². The number of carbonyl (C=O) groups excluding carboxylic acids is 3. The van der Waals surface area contributed by atoms with Crippen molar-refractivity contribution in [1.82, 2.24) is 15.7 Å². The van der Waals surface area contributed by atoms with Crippen molar-refractivity contribution in [3.8, 4) is 0 Å². The van der Waals surface area contributed by atoms with E-state index in [9.17, 15) is 14.4 Å². The van der Waals surface area contributed by atoms with Crippen LogP contribution in [0, 0.1) is 5.92 Å². The fourth-order valence-electron chi connectivity index (χ4n) is 3.56. The summed E-state index contributed by atoms with van der Waals surface area (Å²) in [5, 5.41) is 11.3. The predicted octanol–water partition coefficient (Wildman–Crippen LogP) is 1.65. The van der Waals surface area contributed by atoms with E-state index < -0.39 is 6.04 Å². The number of rotatable bonds is 8. The first-order valence-corrected chi connectivity index (χ1v) is 9.52. The number of piperidine rings is 1. The fraction of sp³-hybridized carbons (Fsp3) is 0.550. The van der Waals surface area contributed by atoms with E-state index in [1.165, 1.54) is 6.92 Å². The van der Waals surface area contributed by atoms with E-state index in [1.54, 1.807) is 5.48 Å². The molecule has 7 nitrogen and oxygen atoms in total. The molecular weight excluding hydrogens is 346 g/mol. The van der Waals surface area contributed by atoms with Crippen LogP contribution in [0.1, 0.15) is 44.6 Å². The minimum absolute atomic E-state index is 0.0350. The molecule has 0 aromatic heterocycles. The summed E-state index contributed by atoms with van der Waals surface area (Å²) in [4.78, 5) is 37.4. The van der Waals surface area contributed by atoms with Gasteiger partial charge in [0.05, 0.1) is 0 Å². The summed E-state index contributed by atoms with van der Waals surface area (Å²) < 4.78 is 0. The van der Waals surface area contributed by atoms with E-state index in [4.69, 9.17) is 5.21 Å². The number of likely N-dealkylation sites (tertiary alicyclic amines) is 1. The average Bonchev–Trinajstić information content (AvgIpc) is 2.68. The van der Waals surface area contributed by atoms with Crippen LogP contribution >= 0.6 is 0 Å². The van der Waals surface area contributed by atoms with Crippen molar-refractivity contribution in [2.75, 3.05) is 13.1 Å². The first kappa shape index (κ1) is 20.9. The largest absolute Gasteiger partial charge is 0.344 e. The number of benzene rings is 1. The summed E-state index contributed by atoms with van der Waals surface area (Å²) in [6, 6.07) is 9.14. The van der Waals surface area contributed by atoms with Crippen LogP contribution in [0.25, 0.3) is 0 Å². The lowest BCUT2D eigenvalue weighted by Crippen LogP contribution is -2.51. The third-order valence-corrected chi connectivity index (χ3v) is 5.03. The highest BCUT2D eigenvalue weighted by atomic mass is 16.5. The third-order valence-electron chi connectivity index (χ3n) is 5.03. The molecule has 0 radical (unpaired) electrons. The Morgan fingerprint density at radius 2 is 1.85 bits per heavy atom. The van der Waals surface area contributed by atoms with Gasteiger partial charge in [0.2, 0.25) is 17.7 Å². The zero-order valence-electron chi connectivity index (χ0n) is 15.8. The van der Waals surface area contributed by atoms with Gasteiger partial charge in [0.1, 0.15) is 6.04 Å². The Bertz CT molecular complexity index is 627. The Hall–Kier alpha value is -2.41. The Morgan fingerprint density at radius 1 is 1.19 bits per heavy atom. The number of hydroxylamine groups is 1. The monoisotopic (exact) mass is 375 g/mol. The van der Waals surface area contributed by atoms with Crippen molar-refractivity contribution in [2.45, 2.75) is 51.5 Å². The molecule has 0 saturated carbocycles. The number of amides is 3. The molecule has 2 rings (SSSR count). The molecule has 1 aliphatic rings. The van der Waals surface area contributed by atoms with Crippen LogP contribution in [0.2, 0.25) is 0 Å². The minimum atomic E-state index is -0.547. The highest BCUT2D eigenvalue weighted by Crippen LogP contribution is 2.23. The van der Waals surface area contributed by atoms with Gasteiger partial charge in [-0.3, -0.25) is 19.6 Å². The number of hydrogen-bond acceptors (Lipinski definition) is 4. The second-order valence-corrected chi connectivity index (χ2v) is 7.14. The van der Waals surface area contributed by atoms with Gasteiger partial charge in [0.15, 0.2) is 0 Å². The van der Waals surface area contributed by atoms with Crippen molar-refractivity contribution in [2.24, 2.45) is 5.92 Å². The highest BCUT2D eigenvalue weighted by Gasteiger charge is 2.28. The molecule has 0 spiro atoms. The molecule has 1 fully saturated rings. The third kappa shape index (κ3) is 7.02. The van der Waals surface area contributed by atoms with Gasteiger partial charge in [0, 0.05) is 32.9 Å². The van der Waals surface area contributed by atoms with E-state index in [1.807, 2.05) is 35.2 Å². The van der Waals surface area contributed by atoms with Crippen LogP contribution in [-0.4, -0.2) is 47.0 Å². The Kier molecular flexibility index (Phi) is 8.26. The number of hydrogen-bond donors (Lipinski definition) is 3. The van der Waals surface area contributed by atoms with Gasteiger partial charge in [-0.25, -0.2) is 5.48 Å². The lowest BCUT2D eigenvalue weighted by atomic mass is 9.91. The predicted molar refractivity (Wildman–Crippen MR) is 101 cm³/mol. The van der Waals surface area contributed by atoms with Crippen LogP contribution in [-0.2, 0) is 20.8 Å². The van der Waals surface area contributed by atoms with Crippen molar-refractivity contribution < 1.29 is 19.6 Å². The van der Waals surface area contributed by atoms with Crippen molar-refractivity contribution >= 4 is 17.7 Å². The summed E-state index contributed by atoms with van der Waals surface area (Å²) in [6.45, 7) is 2.77. The molecule has 27 heavy (non-hydrogen) atoms. The van der Waals surface area contributed by atoms with Crippen molar-refractivity contribution in [3.63, 3.8) is 0 Å². The summed E-state index contributed by atoms with van der Waals surface area (Å²) >= 11 is 0. The van der Waals surface area contributed by atoms with E-state index in [-0.39, 0.29) is 17.7 Å². The molecule has 1 aliphatic heterocycles. The van der Waals surface area contributed by atoms with Crippen LogP contribution in [0.4, 0.5) is 0 Å². The van der Waals surface area contributed by atoms with Crippen LogP contribution < -0.4 is 10.8 Å². The molecule has 0 unspecified atom stereocenters. The quantitative estimate of drug-likeness (QED) is 0.475. The van der Waals surface area contributed by atoms with E-state index in [2.05, 4.69) is 5.32 Å². The normalized spacial score (nSPS) is 15.9. The minimum Gasteiger partial charge on any atom is -0.344 e. The molecule has 3 N–H and O–H groups in total. The molecule has 1 heterocycles. The SMILES string of the molecule is CC(=O)N[C@H](Cc1ccccc1)C(=O)N1CCC(CCCC(=O)NO)CC1. The van der Waals surface area contributed by atoms with Gasteiger partial charge in [-0.1, -0.05) is 30.3 Å². The second-order valence-electron chi connectivity index (χ2n) is 7.14. The molecular formula is C20H29N3O4. The van der Waals surface area contributed by atoms with Gasteiger partial charge in [-0.05, 0) is 37.2 Å². The number of carbonyl (C=O) groups is 3. The zero-order valence-corrected chi connectivity index (χ0v) is 15.8. The molecule has 0 aliphatic carbocycles. The highest BCUT2D eigenvalue weighted by molar-refractivity contribution is 5.87. The van der Waals surface area contributed by atoms with Gasteiger partial charge in [-0.15, -0.1) is 0 Å². The van der Waals surface area contributed by atoms with E-state index in [0.717, 1.165) is 31.2 Å². The maximum absolute atomic E-state index is 12.9. The smallest absolute Gasteiger partial charge is 0.245 e. The molecule has 3 amide bonds. The van der Waals surface area contributed by atoms with Gasteiger partial charge < -0.3 is 10.2 Å². The first-order chi connectivity index (χ1) is 13.0. The Balaban J connectivity index is 1.85. The maximum Gasteiger partial charge on any atom is 0.245 e. The molecule has 1 atom stereocenters. The Labute approximate surface area is 160 Å².